The Morgan fingerprint density at radius 1 is 1.02 bits per heavy atom. The first-order valence-corrected chi connectivity index (χ1v) is 13.5. The van der Waals surface area contributed by atoms with Gasteiger partial charge in [0, 0.05) is 51.4 Å². The van der Waals surface area contributed by atoms with Crippen molar-refractivity contribution >= 4 is 36.4 Å². The molecule has 0 bridgehead atoms. The molecule has 1 fully saturated rings. The summed E-state index contributed by atoms with van der Waals surface area (Å²) < 4.78 is 7.56. The average molecular weight is 593 g/mol. The number of piperazine rings is 1. The van der Waals surface area contributed by atoms with E-state index < -0.39 is 6.10 Å². The van der Waals surface area contributed by atoms with Gasteiger partial charge in [0.1, 0.15) is 17.3 Å². The van der Waals surface area contributed by atoms with Gasteiger partial charge in [0.05, 0.1) is 24.6 Å². The lowest BCUT2D eigenvalue weighted by atomic mass is 10.1. The number of nitrogens with zero attached hydrogens (tertiary/aromatic N) is 4. The van der Waals surface area contributed by atoms with Crippen LogP contribution in [0.5, 0.6) is 5.75 Å². The highest BCUT2D eigenvalue weighted by Gasteiger charge is 2.24. The number of benzene rings is 2. The summed E-state index contributed by atoms with van der Waals surface area (Å²) in [6.45, 7) is 12.6. The predicted molar refractivity (Wildman–Crippen MR) is 166 cm³/mol. The Kier molecular flexibility index (Phi) is 12.8. The van der Waals surface area contributed by atoms with Gasteiger partial charge in [0.25, 0.3) is 5.91 Å². The molecule has 0 saturated carbocycles. The predicted octanol–water partition coefficient (Wildman–Crippen LogP) is 4.52. The van der Waals surface area contributed by atoms with Crippen molar-refractivity contribution in [2.75, 3.05) is 51.3 Å². The molecule has 3 aromatic rings. The number of ether oxygens (including phenoxy) is 1. The van der Waals surface area contributed by atoms with Gasteiger partial charge in [-0.05, 0) is 56.5 Å². The molecule has 4 rings (SSSR count). The number of hydrogen-bond acceptors (Lipinski definition) is 6. The molecular formula is C30H43Cl2N5O3. The van der Waals surface area contributed by atoms with Crippen LogP contribution in [0.3, 0.4) is 0 Å². The Balaban J connectivity index is 0.00000280. The van der Waals surface area contributed by atoms with Crippen LogP contribution in [0, 0.1) is 20.8 Å². The lowest BCUT2D eigenvalue weighted by molar-refractivity contribution is 0.0847. The second-order valence-corrected chi connectivity index (χ2v) is 10.1. The Bertz CT molecular complexity index is 1260. The van der Waals surface area contributed by atoms with Gasteiger partial charge >= 0.3 is 0 Å². The molecule has 1 atom stereocenters. The number of imidazole rings is 1. The number of nitrogens with one attached hydrogen (secondary N) is 1. The molecule has 2 aromatic carbocycles. The minimum atomic E-state index is -0.655. The largest absolute Gasteiger partial charge is 0.495 e. The fourth-order valence-electron chi connectivity index (χ4n) is 5.21. The third-order valence-corrected chi connectivity index (χ3v) is 7.45. The molecule has 1 aromatic heterocycles. The van der Waals surface area contributed by atoms with Crippen LogP contribution in [0.4, 0.5) is 5.69 Å². The number of rotatable bonds is 10. The fraction of sp³-hybridized carbons (Fsp3) is 0.467. The third-order valence-electron chi connectivity index (χ3n) is 7.45. The quantitative estimate of drug-likeness (QED) is 0.361. The summed E-state index contributed by atoms with van der Waals surface area (Å²) in [4.78, 5) is 22.5. The van der Waals surface area contributed by atoms with Crippen molar-refractivity contribution in [3.63, 3.8) is 0 Å². The molecule has 40 heavy (non-hydrogen) atoms. The van der Waals surface area contributed by atoms with Gasteiger partial charge in [-0.3, -0.25) is 14.3 Å². The number of aryl methyl sites for hydroxylation is 2. The van der Waals surface area contributed by atoms with Crippen LogP contribution in [-0.4, -0.2) is 77.9 Å². The van der Waals surface area contributed by atoms with E-state index >= 15 is 0 Å². The van der Waals surface area contributed by atoms with Gasteiger partial charge in [-0.2, -0.15) is 0 Å². The number of halogens is 2. The summed E-state index contributed by atoms with van der Waals surface area (Å²) in [5.74, 6) is 1.28. The average Bonchev–Trinajstić information content (AvgIpc) is 3.25. The Hall–Kier alpha value is -2.78. The van der Waals surface area contributed by atoms with Crippen molar-refractivity contribution in [3.05, 3.63) is 70.8 Å². The summed E-state index contributed by atoms with van der Waals surface area (Å²) in [6, 6.07) is 14.2. The van der Waals surface area contributed by atoms with E-state index in [4.69, 9.17) is 9.72 Å². The molecule has 2 N–H and O–H groups in total. The smallest absolute Gasteiger partial charge is 0.271 e. The number of carbonyl (C=O) groups is 1. The van der Waals surface area contributed by atoms with Gasteiger partial charge in [0.15, 0.2) is 0 Å². The number of hydrogen-bond donors (Lipinski definition) is 2. The van der Waals surface area contributed by atoms with Crippen LogP contribution in [0.1, 0.15) is 46.5 Å². The summed E-state index contributed by atoms with van der Waals surface area (Å²) in [7, 11) is 1.64. The van der Waals surface area contributed by atoms with E-state index in [0.717, 1.165) is 62.0 Å². The number of para-hydroxylation sites is 2. The molecule has 0 radical (unpaired) electrons. The van der Waals surface area contributed by atoms with Crippen molar-refractivity contribution in [3.8, 4) is 11.4 Å². The number of aromatic nitrogens is 2. The third kappa shape index (κ3) is 7.49. The molecule has 1 aliphatic rings. The highest BCUT2D eigenvalue weighted by atomic mass is 35.5. The number of β-amino-alcohol motifs (C(OH)–C–C–N with tert-alkyl or cyclic N) is 1. The minimum absolute atomic E-state index is 0. The molecule has 1 aliphatic heterocycles. The van der Waals surface area contributed by atoms with Crippen LogP contribution in [-0.2, 0) is 6.42 Å². The van der Waals surface area contributed by atoms with E-state index in [2.05, 4.69) is 54.1 Å². The Labute approximate surface area is 250 Å². The molecule has 1 amide bonds. The number of aliphatic hydroxyl groups is 1. The summed E-state index contributed by atoms with van der Waals surface area (Å²) in [5.41, 5.74) is 5.93. The summed E-state index contributed by atoms with van der Waals surface area (Å²) >= 11 is 0. The maximum absolute atomic E-state index is 13.1. The zero-order valence-corrected chi connectivity index (χ0v) is 25.8. The Morgan fingerprint density at radius 3 is 2.38 bits per heavy atom. The van der Waals surface area contributed by atoms with E-state index in [1.165, 1.54) is 16.8 Å². The number of anilines is 1. The zero-order chi connectivity index (χ0) is 27.2. The summed E-state index contributed by atoms with van der Waals surface area (Å²) in [5, 5.41) is 13.6. The minimum Gasteiger partial charge on any atom is -0.495 e. The van der Waals surface area contributed by atoms with Crippen molar-refractivity contribution in [1.29, 1.82) is 0 Å². The van der Waals surface area contributed by atoms with Crippen molar-refractivity contribution in [1.82, 2.24) is 19.8 Å². The lowest BCUT2D eigenvalue weighted by Gasteiger charge is -2.37. The standard InChI is InChI=1S/C30H41N5O3.2ClH/c1-6-10-28-32-29(23(4)35(28)26-12-7-8-14-27(26)38-5)30(37)31-19-24(36)20-33-15-17-34(18-16-33)25-13-9-11-21(2)22(25)3;;/h7-9,11-14,24,36H,6,10,15-20H2,1-5H3,(H,31,37);2*1H. The topological polar surface area (TPSA) is 82.9 Å². The van der Waals surface area contributed by atoms with Crippen LogP contribution < -0.4 is 15.0 Å². The summed E-state index contributed by atoms with van der Waals surface area (Å²) in [6.07, 6.45) is 0.989. The number of methoxy groups -OCH3 is 1. The second-order valence-electron chi connectivity index (χ2n) is 10.1. The molecule has 0 aliphatic carbocycles. The second kappa shape index (κ2) is 15.3. The SMILES string of the molecule is CCCc1nc(C(=O)NCC(O)CN2CCN(c3cccc(C)c3C)CC2)c(C)n1-c1ccccc1OC.Cl.Cl. The first-order valence-electron chi connectivity index (χ1n) is 13.5. The highest BCUT2D eigenvalue weighted by Crippen LogP contribution is 2.27. The number of aliphatic hydroxyl groups excluding tert-OH is 1. The molecule has 8 nitrogen and oxygen atoms in total. The van der Waals surface area contributed by atoms with Crippen LogP contribution in [0.15, 0.2) is 42.5 Å². The van der Waals surface area contributed by atoms with Gasteiger partial charge in [-0.15, -0.1) is 24.8 Å². The molecule has 10 heteroatoms. The van der Waals surface area contributed by atoms with Crippen LogP contribution >= 0.6 is 24.8 Å². The molecule has 1 unspecified atom stereocenters. The molecule has 0 spiro atoms. The normalized spacial score (nSPS) is 14.2. The monoisotopic (exact) mass is 591 g/mol. The van der Waals surface area contributed by atoms with Gasteiger partial charge in [-0.1, -0.05) is 31.2 Å². The van der Waals surface area contributed by atoms with E-state index in [9.17, 15) is 9.90 Å². The first-order chi connectivity index (χ1) is 18.3. The van der Waals surface area contributed by atoms with E-state index in [1.807, 2.05) is 35.8 Å². The van der Waals surface area contributed by atoms with Crippen molar-refractivity contribution in [2.45, 2.75) is 46.6 Å². The van der Waals surface area contributed by atoms with Gasteiger partial charge in [0.2, 0.25) is 0 Å². The molecule has 1 saturated heterocycles. The molecule has 2 heterocycles. The first kappa shape index (κ1) is 33.4. The molecular weight excluding hydrogens is 549 g/mol. The van der Waals surface area contributed by atoms with Gasteiger partial charge < -0.3 is 20.1 Å². The van der Waals surface area contributed by atoms with Crippen LogP contribution in [0.2, 0.25) is 0 Å². The maximum atomic E-state index is 13.1. The zero-order valence-electron chi connectivity index (χ0n) is 24.1. The number of amides is 1. The Morgan fingerprint density at radius 2 is 1.70 bits per heavy atom. The van der Waals surface area contributed by atoms with Crippen molar-refractivity contribution < 1.29 is 14.6 Å². The van der Waals surface area contributed by atoms with E-state index in [1.54, 1.807) is 7.11 Å². The lowest BCUT2D eigenvalue weighted by Crippen LogP contribution is -2.50. The van der Waals surface area contributed by atoms with Crippen LogP contribution in [0.25, 0.3) is 5.69 Å². The van der Waals surface area contributed by atoms with Gasteiger partial charge in [-0.25, -0.2) is 4.98 Å². The maximum Gasteiger partial charge on any atom is 0.271 e. The van der Waals surface area contributed by atoms with E-state index in [-0.39, 0.29) is 37.3 Å². The highest BCUT2D eigenvalue weighted by molar-refractivity contribution is 5.93. The van der Waals surface area contributed by atoms with E-state index in [0.29, 0.717) is 12.2 Å². The number of carbonyl (C=O) groups excluding carboxylic acids is 1. The molecule has 220 valence electrons. The van der Waals surface area contributed by atoms with Crippen molar-refractivity contribution in [2.24, 2.45) is 0 Å². The fourth-order valence-corrected chi connectivity index (χ4v) is 5.21.